The highest BCUT2D eigenvalue weighted by Crippen LogP contribution is 2.20. The van der Waals surface area contributed by atoms with Crippen LogP contribution in [0.1, 0.15) is 12.2 Å². The van der Waals surface area contributed by atoms with Crippen LogP contribution in [0, 0.1) is 0 Å². The summed E-state index contributed by atoms with van der Waals surface area (Å²) in [5.74, 6) is 0.906. The van der Waals surface area contributed by atoms with E-state index in [0.29, 0.717) is 6.04 Å². The largest absolute Gasteiger partial charge is 0.359 e. The molecule has 1 aliphatic heterocycles. The van der Waals surface area contributed by atoms with E-state index in [1.165, 1.54) is 0 Å². The Labute approximate surface area is 119 Å². The van der Waals surface area contributed by atoms with Gasteiger partial charge >= 0.3 is 0 Å². The maximum Gasteiger partial charge on any atom is 0.151 e. The van der Waals surface area contributed by atoms with Gasteiger partial charge in [0.25, 0.3) is 0 Å². The molecule has 2 heterocycles. The second-order valence-electron chi connectivity index (χ2n) is 4.83. The van der Waals surface area contributed by atoms with E-state index < -0.39 is 0 Å². The summed E-state index contributed by atoms with van der Waals surface area (Å²) in [7, 11) is 0. The van der Waals surface area contributed by atoms with Gasteiger partial charge in [-0.3, -0.25) is 4.90 Å². The minimum absolute atomic E-state index is 0. The maximum absolute atomic E-state index is 5.89. The third-order valence-electron chi connectivity index (χ3n) is 3.32. The van der Waals surface area contributed by atoms with Crippen molar-refractivity contribution in [1.82, 2.24) is 10.1 Å². The van der Waals surface area contributed by atoms with Gasteiger partial charge in [0.05, 0.1) is 6.54 Å². The van der Waals surface area contributed by atoms with Crippen LogP contribution in [0.5, 0.6) is 0 Å². The molecule has 5 heteroatoms. The molecule has 1 aliphatic rings. The lowest BCUT2D eigenvalue weighted by molar-refractivity contribution is 0.272. The number of hydrogen-bond acceptors (Lipinski definition) is 4. The van der Waals surface area contributed by atoms with Gasteiger partial charge in [-0.15, -0.1) is 12.4 Å². The van der Waals surface area contributed by atoms with Crippen molar-refractivity contribution in [1.29, 1.82) is 0 Å². The van der Waals surface area contributed by atoms with Crippen LogP contribution in [0.3, 0.4) is 0 Å². The molecule has 4 nitrogen and oxygen atoms in total. The summed E-state index contributed by atoms with van der Waals surface area (Å²) >= 11 is 0. The number of rotatable bonds is 3. The maximum atomic E-state index is 5.89. The van der Waals surface area contributed by atoms with E-state index in [4.69, 9.17) is 10.3 Å². The Hall–Kier alpha value is -1.36. The van der Waals surface area contributed by atoms with E-state index in [-0.39, 0.29) is 12.4 Å². The number of aromatic nitrogens is 1. The number of nitrogens with zero attached hydrogens (tertiary/aromatic N) is 2. The monoisotopic (exact) mass is 279 g/mol. The predicted molar refractivity (Wildman–Crippen MR) is 77.1 cm³/mol. The molecule has 1 aromatic carbocycles. The van der Waals surface area contributed by atoms with Crippen molar-refractivity contribution in [2.24, 2.45) is 5.73 Å². The van der Waals surface area contributed by atoms with Gasteiger partial charge in [0, 0.05) is 30.8 Å². The molecule has 102 valence electrons. The van der Waals surface area contributed by atoms with E-state index in [1.807, 2.05) is 36.4 Å². The second kappa shape index (κ2) is 6.19. The van der Waals surface area contributed by atoms with Crippen LogP contribution >= 0.6 is 12.4 Å². The molecule has 0 bridgehead atoms. The number of halogens is 1. The first-order valence-electron chi connectivity index (χ1n) is 6.30. The van der Waals surface area contributed by atoms with E-state index in [9.17, 15) is 0 Å². The number of likely N-dealkylation sites (tertiary alicyclic amines) is 1. The first-order valence-corrected chi connectivity index (χ1v) is 6.30. The van der Waals surface area contributed by atoms with Gasteiger partial charge in [-0.05, 0) is 6.42 Å². The highest BCUT2D eigenvalue weighted by atomic mass is 35.5. The van der Waals surface area contributed by atoms with Crippen LogP contribution in [0.25, 0.3) is 11.3 Å². The van der Waals surface area contributed by atoms with Gasteiger partial charge in [0.15, 0.2) is 5.76 Å². The van der Waals surface area contributed by atoms with Gasteiger partial charge in [-0.2, -0.15) is 0 Å². The highest BCUT2D eigenvalue weighted by Gasteiger charge is 2.20. The van der Waals surface area contributed by atoms with Crippen LogP contribution in [-0.4, -0.2) is 29.2 Å². The minimum atomic E-state index is 0. The Morgan fingerprint density at radius 1 is 1.32 bits per heavy atom. The fourth-order valence-corrected chi connectivity index (χ4v) is 2.36. The lowest BCUT2D eigenvalue weighted by Gasteiger charge is -2.11. The fourth-order valence-electron chi connectivity index (χ4n) is 2.36. The zero-order chi connectivity index (χ0) is 12.4. The standard InChI is InChI=1S/C14H17N3O.ClH/c15-12-6-7-17(9-12)10-13-8-14(16-18-13)11-4-2-1-3-5-11;/h1-5,8,12H,6-7,9-10,15H2;1H. The fraction of sp³-hybridized carbons (Fsp3) is 0.357. The summed E-state index contributed by atoms with van der Waals surface area (Å²) in [6.07, 6.45) is 1.07. The topological polar surface area (TPSA) is 55.3 Å². The Kier molecular flexibility index (Phi) is 4.58. The van der Waals surface area contributed by atoms with Crippen LogP contribution in [0.2, 0.25) is 0 Å². The minimum Gasteiger partial charge on any atom is -0.359 e. The normalized spacial score (nSPS) is 19.3. The van der Waals surface area contributed by atoms with Gasteiger partial charge in [0.2, 0.25) is 0 Å². The molecule has 0 saturated carbocycles. The first kappa shape index (κ1) is 14.1. The molecular weight excluding hydrogens is 262 g/mol. The lowest BCUT2D eigenvalue weighted by Crippen LogP contribution is -2.26. The Bertz CT molecular complexity index is 514. The van der Waals surface area contributed by atoms with Crippen molar-refractivity contribution in [3.05, 3.63) is 42.2 Å². The van der Waals surface area contributed by atoms with Crippen molar-refractivity contribution in [2.75, 3.05) is 13.1 Å². The number of nitrogens with two attached hydrogens (primary N) is 1. The van der Waals surface area contributed by atoms with Gasteiger partial charge in [0.1, 0.15) is 5.69 Å². The summed E-state index contributed by atoms with van der Waals surface area (Å²) in [6, 6.07) is 12.4. The molecule has 2 N–H and O–H groups in total. The van der Waals surface area contributed by atoms with Crippen LogP contribution in [0.4, 0.5) is 0 Å². The zero-order valence-electron chi connectivity index (χ0n) is 10.7. The predicted octanol–water partition coefficient (Wildman–Crippen LogP) is 2.30. The molecule has 1 saturated heterocycles. The molecule has 1 fully saturated rings. The summed E-state index contributed by atoms with van der Waals surface area (Å²) in [4.78, 5) is 2.31. The quantitative estimate of drug-likeness (QED) is 0.937. The summed E-state index contributed by atoms with van der Waals surface area (Å²) < 4.78 is 5.38. The van der Waals surface area contributed by atoms with Gasteiger partial charge < -0.3 is 10.3 Å². The van der Waals surface area contributed by atoms with E-state index in [1.54, 1.807) is 0 Å². The molecule has 1 aromatic heterocycles. The molecular formula is C14H18ClN3O. The number of benzene rings is 1. The van der Waals surface area contributed by atoms with Crippen LogP contribution < -0.4 is 5.73 Å². The Balaban J connectivity index is 0.00000133. The smallest absolute Gasteiger partial charge is 0.151 e. The third kappa shape index (κ3) is 3.35. The van der Waals surface area contributed by atoms with E-state index in [2.05, 4.69) is 10.1 Å². The Morgan fingerprint density at radius 3 is 2.79 bits per heavy atom. The van der Waals surface area contributed by atoms with Crippen molar-refractivity contribution < 1.29 is 4.52 Å². The average molecular weight is 280 g/mol. The zero-order valence-corrected chi connectivity index (χ0v) is 11.5. The Morgan fingerprint density at radius 2 is 2.11 bits per heavy atom. The van der Waals surface area contributed by atoms with Crippen molar-refractivity contribution in [3.63, 3.8) is 0 Å². The molecule has 1 unspecified atom stereocenters. The van der Waals surface area contributed by atoms with Gasteiger partial charge in [-0.25, -0.2) is 0 Å². The first-order chi connectivity index (χ1) is 8.81. The molecule has 0 spiro atoms. The summed E-state index contributed by atoms with van der Waals surface area (Å²) in [5, 5.41) is 4.11. The van der Waals surface area contributed by atoms with Crippen molar-refractivity contribution in [3.8, 4) is 11.3 Å². The average Bonchev–Trinajstić information content (AvgIpc) is 3.01. The summed E-state index contributed by atoms with van der Waals surface area (Å²) in [5.41, 5.74) is 7.87. The third-order valence-corrected chi connectivity index (χ3v) is 3.32. The molecule has 2 aromatic rings. The van der Waals surface area contributed by atoms with Crippen LogP contribution in [0.15, 0.2) is 40.9 Å². The highest BCUT2D eigenvalue weighted by molar-refractivity contribution is 5.85. The van der Waals surface area contributed by atoms with E-state index in [0.717, 1.165) is 43.1 Å². The van der Waals surface area contributed by atoms with E-state index >= 15 is 0 Å². The molecule has 0 radical (unpaired) electrons. The van der Waals surface area contributed by atoms with Crippen LogP contribution in [-0.2, 0) is 6.54 Å². The molecule has 0 amide bonds. The SMILES string of the molecule is Cl.NC1CCN(Cc2cc(-c3ccccc3)no2)C1. The summed E-state index contributed by atoms with van der Waals surface area (Å²) in [6.45, 7) is 2.79. The number of hydrogen-bond donors (Lipinski definition) is 1. The van der Waals surface area contributed by atoms with Gasteiger partial charge in [-0.1, -0.05) is 35.5 Å². The van der Waals surface area contributed by atoms with Crippen molar-refractivity contribution >= 4 is 12.4 Å². The molecule has 0 aliphatic carbocycles. The lowest BCUT2D eigenvalue weighted by atomic mass is 10.1. The van der Waals surface area contributed by atoms with Crippen molar-refractivity contribution in [2.45, 2.75) is 19.0 Å². The molecule has 3 rings (SSSR count). The second-order valence-corrected chi connectivity index (χ2v) is 4.83. The molecule has 19 heavy (non-hydrogen) atoms. The molecule has 1 atom stereocenters.